The summed E-state index contributed by atoms with van der Waals surface area (Å²) >= 11 is 1.49. The Hall–Kier alpha value is -2.98. The van der Waals surface area contributed by atoms with Gasteiger partial charge in [0.2, 0.25) is 11.8 Å². The van der Waals surface area contributed by atoms with Crippen molar-refractivity contribution in [3.63, 3.8) is 0 Å². The fourth-order valence-electron chi connectivity index (χ4n) is 4.17. The van der Waals surface area contributed by atoms with Gasteiger partial charge in [0.25, 0.3) is 5.89 Å². The predicted octanol–water partition coefficient (Wildman–Crippen LogP) is 4.54. The summed E-state index contributed by atoms with van der Waals surface area (Å²) in [6.45, 7) is 7.47. The van der Waals surface area contributed by atoms with E-state index in [4.69, 9.17) is 13.6 Å². The second-order valence-corrected chi connectivity index (χ2v) is 9.62. The highest BCUT2D eigenvalue weighted by Crippen LogP contribution is 2.40. The lowest BCUT2D eigenvalue weighted by Gasteiger charge is -2.19. The molecule has 1 aliphatic rings. The predicted molar refractivity (Wildman–Crippen MR) is 128 cm³/mol. The number of rotatable bonds is 10. The summed E-state index contributed by atoms with van der Waals surface area (Å²) in [6, 6.07) is 3.50. The van der Waals surface area contributed by atoms with Gasteiger partial charge in [-0.3, -0.25) is 9.69 Å². The molecule has 3 aromatic heterocycles. The van der Waals surface area contributed by atoms with Gasteiger partial charge in [-0.15, -0.1) is 21.5 Å². The maximum atomic E-state index is 13.0. The Labute approximate surface area is 202 Å². The number of nitrogens with zero attached hydrogens (tertiary/aromatic N) is 3. The molecule has 0 spiro atoms. The Bertz CT molecular complexity index is 1120. The lowest BCUT2D eigenvalue weighted by molar-refractivity contribution is -0.117. The number of fused-ring (bicyclic) bond motifs is 1. The number of aromatic nitrogens is 2. The van der Waals surface area contributed by atoms with Crippen molar-refractivity contribution in [3.8, 4) is 11.7 Å². The molecule has 1 N–H and O–H groups in total. The largest absolute Gasteiger partial charge is 0.462 e. The molecule has 1 unspecified atom stereocenters. The topological polar surface area (TPSA) is 111 Å². The smallest absolute Gasteiger partial charge is 0.341 e. The minimum absolute atomic E-state index is 0.132. The third-order valence-corrected chi connectivity index (χ3v) is 6.88. The molecule has 1 amide bonds. The Kier molecular flexibility index (Phi) is 7.79. The first-order chi connectivity index (χ1) is 16.5. The molecule has 3 aromatic rings. The fraction of sp³-hybridized carbons (Fsp3) is 0.500. The second kappa shape index (κ2) is 11.0. The molecule has 34 heavy (non-hydrogen) atoms. The molecule has 0 fully saturated rings. The first-order valence-electron chi connectivity index (χ1n) is 11.7. The van der Waals surface area contributed by atoms with Crippen molar-refractivity contribution in [1.29, 1.82) is 0 Å². The van der Waals surface area contributed by atoms with Gasteiger partial charge >= 0.3 is 5.97 Å². The van der Waals surface area contributed by atoms with Gasteiger partial charge in [0.05, 0.1) is 31.5 Å². The number of anilines is 1. The van der Waals surface area contributed by atoms with E-state index < -0.39 is 0 Å². The number of carbonyl (C=O) groups is 2. The van der Waals surface area contributed by atoms with E-state index in [-0.39, 0.29) is 18.4 Å². The number of esters is 1. The molecule has 3 heterocycles. The second-order valence-electron chi connectivity index (χ2n) is 8.51. The lowest BCUT2D eigenvalue weighted by Crippen LogP contribution is -2.33. The van der Waals surface area contributed by atoms with E-state index in [2.05, 4.69) is 22.4 Å². The number of carbonyl (C=O) groups excluding carboxylic acids is 2. The molecular weight excluding hydrogens is 456 g/mol. The van der Waals surface area contributed by atoms with Gasteiger partial charge < -0.3 is 18.9 Å². The van der Waals surface area contributed by atoms with E-state index in [1.807, 2.05) is 11.8 Å². The van der Waals surface area contributed by atoms with Crippen LogP contribution in [-0.2, 0) is 28.9 Å². The van der Waals surface area contributed by atoms with Crippen LogP contribution in [0, 0.1) is 5.92 Å². The first kappa shape index (κ1) is 24.2. The quantitative estimate of drug-likeness (QED) is 0.416. The molecule has 182 valence electrons. The number of furan rings is 1. The Morgan fingerprint density at radius 1 is 1.32 bits per heavy atom. The molecule has 10 heteroatoms. The lowest BCUT2D eigenvalue weighted by atomic mass is 9.88. The van der Waals surface area contributed by atoms with Gasteiger partial charge in [-0.2, -0.15) is 0 Å². The average Bonchev–Trinajstić information content (AvgIpc) is 3.53. The Balaban J connectivity index is 1.46. The zero-order chi connectivity index (χ0) is 24.1. The SMILES string of the molecule is CCCN(CC(=O)Nc1sc2c(c1C(=O)OCC)CCC(C)C2)Cc1nnc(-c2ccco2)o1. The summed E-state index contributed by atoms with van der Waals surface area (Å²) in [4.78, 5) is 28.8. The number of amides is 1. The maximum Gasteiger partial charge on any atom is 0.341 e. The highest BCUT2D eigenvalue weighted by atomic mass is 32.1. The number of hydrogen-bond acceptors (Lipinski definition) is 9. The Morgan fingerprint density at radius 2 is 2.18 bits per heavy atom. The van der Waals surface area contributed by atoms with Crippen molar-refractivity contribution in [3.05, 3.63) is 40.3 Å². The molecule has 4 rings (SSSR count). The number of thiophene rings is 1. The van der Waals surface area contributed by atoms with Crippen LogP contribution in [0.3, 0.4) is 0 Å². The van der Waals surface area contributed by atoms with Crippen molar-refractivity contribution in [2.45, 2.75) is 53.0 Å². The molecule has 0 radical (unpaired) electrons. The van der Waals surface area contributed by atoms with E-state index in [0.29, 0.717) is 53.7 Å². The summed E-state index contributed by atoms with van der Waals surface area (Å²) in [5.41, 5.74) is 1.54. The molecule has 0 saturated carbocycles. The van der Waals surface area contributed by atoms with Crippen LogP contribution in [0.25, 0.3) is 11.7 Å². The van der Waals surface area contributed by atoms with E-state index >= 15 is 0 Å². The highest BCUT2D eigenvalue weighted by Gasteiger charge is 2.29. The van der Waals surface area contributed by atoms with Crippen LogP contribution in [0.15, 0.2) is 27.2 Å². The minimum Gasteiger partial charge on any atom is -0.462 e. The van der Waals surface area contributed by atoms with Crippen LogP contribution in [-0.4, -0.2) is 46.7 Å². The summed E-state index contributed by atoms with van der Waals surface area (Å²) < 4.78 is 16.3. The van der Waals surface area contributed by atoms with Crippen molar-refractivity contribution in [2.24, 2.45) is 5.92 Å². The van der Waals surface area contributed by atoms with E-state index in [1.54, 1.807) is 25.3 Å². The van der Waals surface area contributed by atoms with Crippen molar-refractivity contribution < 1.29 is 23.2 Å². The summed E-state index contributed by atoms with van der Waals surface area (Å²) in [5, 5.41) is 11.7. The van der Waals surface area contributed by atoms with Gasteiger partial charge in [-0.1, -0.05) is 13.8 Å². The summed E-state index contributed by atoms with van der Waals surface area (Å²) in [6.07, 6.45) is 5.16. The third kappa shape index (κ3) is 5.56. The van der Waals surface area contributed by atoms with Crippen LogP contribution in [0.4, 0.5) is 5.00 Å². The summed E-state index contributed by atoms with van der Waals surface area (Å²) in [5.74, 6) is 1.20. The van der Waals surface area contributed by atoms with Gasteiger partial charge in [0.1, 0.15) is 5.00 Å². The van der Waals surface area contributed by atoms with Crippen LogP contribution in [0.2, 0.25) is 0 Å². The minimum atomic E-state index is -0.369. The fourth-order valence-corrected chi connectivity index (χ4v) is 5.58. The third-order valence-electron chi connectivity index (χ3n) is 5.71. The van der Waals surface area contributed by atoms with E-state index in [0.717, 1.165) is 31.2 Å². The van der Waals surface area contributed by atoms with Gasteiger partial charge in [-0.25, -0.2) is 4.79 Å². The molecule has 0 saturated heterocycles. The highest BCUT2D eigenvalue weighted by molar-refractivity contribution is 7.17. The van der Waals surface area contributed by atoms with Crippen LogP contribution in [0.5, 0.6) is 0 Å². The van der Waals surface area contributed by atoms with Gasteiger partial charge in [-0.05, 0) is 62.8 Å². The zero-order valence-corrected chi connectivity index (χ0v) is 20.6. The monoisotopic (exact) mass is 486 g/mol. The number of nitrogens with one attached hydrogen (secondary N) is 1. The van der Waals surface area contributed by atoms with Gasteiger partial charge in [0, 0.05) is 4.88 Å². The maximum absolute atomic E-state index is 13.0. The van der Waals surface area contributed by atoms with E-state index in [9.17, 15) is 9.59 Å². The molecule has 0 aromatic carbocycles. The standard InChI is InChI=1S/C24H30N4O5S/c1-4-10-28(14-20-26-27-22(33-20)17-7-6-11-32-17)13-19(29)25-23-21(24(30)31-5-2)16-9-8-15(3)12-18(16)34-23/h6-7,11,15H,4-5,8-10,12-14H2,1-3H3,(H,25,29). The van der Waals surface area contributed by atoms with E-state index in [1.165, 1.54) is 16.2 Å². The molecular formula is C24H30N4O5S. The van der Waals surface area contributed by atoms with Gasteiger partial charge in [0.15, 0.2) is 5.76 Å². The molecule has 1 aliphatic carbocycles. The summed E-state index contributed by atoms with van der Waals surface area (Å²) in [7, 11) is 0. The molecule has 9 nitrogen and oxygen atoms in total. The first-order valence-corrected chi connectivity index (χ1v) is 12.5. The molecule has 1 atom stereocenters. The number of hydrogen-bond donors (Lipinski definition) is 1. The van der Waals surface area contributed by atoms with Crippen LogP contribution >= 0.6 is 11.3 Å². The molecule has 0 aliphatic heterocycles. The zero-order valence-electron chi connectivity index (χ0n) is 19.8. The number of ether oxygens (including phenoxy) is 1. The van der Waals surface area contributed by atoms with Crippen molar-refractivity contribution >= 4 is 28.2 Å². The Morgan fingerprint density at radius 3 is 2.91 bits per heavy atom. The average molecular weight is 487 g/mol. The van der Waals surface area contributed by atoms with Crippen LogP contribution < -0.4 is 5.32 Å². The normalized spacial score (nSPS) is 15.4. The van der Waals surface area contributed by atoms with Crippen molar-refractivity contribution in [1.82, 2.24) is 15.1 Å². The van der Waals surface area contributed by atoms with Crippen molar-refractivity contribution in [2.75, 3.05) is 25.0 Å². The molecule has 0 bridgehead atoms. The van der Waals surface area contributed by atoms with Crippen LogP contribution in [0.1, 0.15) is 60.3 Å².